The molecule has 6 heteroatoms. The maximum absolute atomic E-state index is 11.7. The van der Waals surface area contributed by atoms with Gasteiger partial charge >= 0.3 is 0 Å². The topological polar surface area (TPSA) is 63.2 Å². The molecular weight excluding hydrogens is 422 g/mol. The summed E-state index contributed by atoms with van der Waals surface area (Å²) in [5.74, 6) is 1.58. The summed E-state index contributed by atoms with van der Waals surface area (Å²) in [5.41, 5.74) is 3.99. The van der Waals surface area contributed by atoms with Gasteiger partial charge in [-0.05, 0) is 93.1 Å². The molecule has 1 amide bonds. The summed E-state index contributed by atoms with van der Waals surface area (Å²) >= 11 is 5.66. The van der Waals surface area contributed by atoms with Crippen LogP contribution in [0.1, 0.15) is 36.4 Å². The van der Waals surface area contributed by atoms with Crippen LogP contribution >= 0.6 is 11.6 Å². The molecule has 2 heterocycles. The van der Waals surface area contributed by atoms with Crippen molar-refractivity contribution in [1.29, 1.82) is 0 Å². The van der Waals surface area contributed by atoms with Gasteiger partial charge in [0.2, 0.25) is 5.91 Å². The molecule has 32 heavy (non-hydrogen) atoms. The van der Waals surface area contributed by atoms with Crippen molar-refractivity contribution in [2.45, 2.75) is 32.1 Å². The number of carbonyl (C=O) groups is 1. The highest BCUT2D eigenvalue weighted by Gasteiger charge is 2.25. The number of anilines is 1. The van der Waals surface area contributed by atoms with Gasteiger partial charge in [0, 0.05) is 16.8 Å². The van der Waals surface area contributed by atoms with Crippen LogP contribution in [0.4, 0.5) is 5.69 Å². The van der Waals surface area contributed by atoms with Crippen molar-refractivity contribution in [3.8, 4) is 5.75 Å². The number of hydrogen-bond acceptors (Lipinski definition) is 4. The third-order valence-corrected chi connectivity index (χ3v) is 6.43. The van der Waals surface area contributed by atoms with Crippen molar-refractivity contribution >= 4 is 34.1 Å². The molecule has 2 aromatic carbocycles. The van der Waals surface area contributed by atoms with E-state index < -0.39 is 0 Å². The van der Waals surface area contributed by atoms with Gasteiger partial charge in [-0.15, -0.1) is 11.6 Å². The minimum absolute atomic E-state index is 0.0464. The molecule has 1 saturated heterocycles. The minimum Gasteiger partial charge on any atom is -0.493 e. The number of amides is 1. The number of alkyl halides is 1. The van der Waals surface area contributed by atoms with E-state index in [9.17, 15) is 4.79 Å². The van der Waals surface area contributed by atoms with Crippen molar-refractivity contribution in [3.05, 3.63) is 65.9 Å². The van der Waals surface area contributed by atoms with Gasteiger partial charge in [-0.1, -0.05) is 18.2 Å². The summed E-state index contributed by atoms with van der Waals surface area (Å²) in [6.45, 7) is 4.71. The van der Waals surface area contributed by atoms with Gasteiger partial charge in [0.25, 0.3) is 0 Å². The van der Waals surface area contributed by atoms with Crippen LogP contribution in [0.25, 0.3) is 10.9 Å². The minimum atomic E-state index is -0.189. The van der Waals surface area contributed by atoms with E-state index in [4.69, 9.17) is 16.3 Å². The number of ether oxygens (including phenoxy) is 1. The third-order valence-electron chi connectivity index (χ3n) is 6.19. The second-order valence-corrected chi connectivity index (χ2v) is 8.68. The van der Waals surface area contributed by atoms with E-state index in [0.29, 0.717) is 18.4 Å². The Balaban J connectivity index is 1.51. The molecule has 168 valence electrons. The summed E-state index contributed by atoms with van der Waals surface area (Å²) in [6, 6.07) is 18.3. The zero-order chi connectivity index (χ0) is 22.3. The first-order chi connectivity index (χ1) is 15.6. The fourth-order valence-corrected chi connectivity index (χ4v) is 4.68. The molecule has 2 N–H and O–H groups in total. The lowest BCUT2D eigenvalue weighted by molar-refractivity contribution is -0.113. The first-order valence-electron chi connectivity index (χ1n) is 11.3. The predicted molar refractivity (Wildman–Crippen MR) is 131 cm³/mol. The third kappa shape index (κ3) is 5.59. The van der Waals surface area contributed by atoms with Crippen molar-refractivity contribution in [2.75, 3.05) is 30.9 Å². The number of pyridine rings is 1. The number of halogens is 1. The molecule has 1 atom stereocenters. The number of fused-ring (bicyclic) bond motifs is 1. The Morgan fingerprint density at radius 1 is 1.19 bits per heavy atom. The molecule has 1 unspecified atom stereocenters. The first kappa shape index (κ1) is 22.6. The van der Waals surface area contributed by atoms with Gasteiger partial charge in [-0.2, -0.15) is 0 Å². The fourth-order valence-electron chi connectivity index (χ4n) is 4.61. The molecule has 1 aliphatic rings. The van der Waals surface area contributed by atoms with E-state index in [-0.39, 0.29) is 11.8 Å². The first-order valence-corrected chi connectivity index (χ1v) is 11.8. The smallest absolute Gasteiger partial charge is 0.239 e. The predicted octanol–water partition coefficient (Wildman–Crippen LogP) is 5.27. The molecular formula is C26H30ClN3O2. The SMILES string of the molecule is Cc1ccc2c(OCCC(c3cccc(NC(=O)CCl)c3)C3CCNCC3)cccc2n1. The lowest BCUT2D eigenvalue weighted by Crippen LogP contribution is -2.31. The van der Waals surface area contributed by atoms with Crippen LogP contribution in [0.15, 0.2) is 54.6 Å². The molecule has 3 aromatic rings. The Labute approximate surface area is 194 Å². The molecule has 0 aliphatic carbocycles. The average molecular weight is 452 g/mol. The van der Waals surface area contributed by atoms with Crippen LogP contribution in [0, 0.1) is 12.8 Å². The number of nitrogens with zero attached hydrogens (tertiary/aromatic N) is 1. The highest BCUT2D eigenvalue weighted by Crippen LogP contribution is 2.35. The van der Waals surface area contributed by atoms with E-state index in [1.165, 1.54) is 5.56 Å². The van der Waals surface area contributed by atoms with Crippen LogP contribution in [0.2, 0.25) is 0 Å². The molecule has 0 saturated carbocycles. The molecule has 0 bridgehead atoms. The Bertz CT molecular complexity index is 1070. The summed E-state index contributed by atoms with van der Waals surface area (Å²) in [7, 11) is 0. The number of benzene rings is 2. The normalized spacial score (nSPS) is 15.4. The van der Waals surface area contributed by atoms with Crippen molar-refractivity contribution in [1.82, 2.24) is 10.3 Å². The monoisotopic (exact) mass is 451 g/mol. The molecule has 1 aliphatic heterocycles. The Morgan fingerprint density at radius 3 is 2.81 bits per heavy atom. The Hall–Kier alpha value is -2.63. The van der Waals surface area contributed by atoms with Gasteiger partial charge in [0.1, 0.15) is 11.6 Å². The molecule has 4 rings (SSSR count). The van der Waals surface area contributed by atoms with Crippen molar-refractivity contribution in [3.63, 3.8) is 0 Å². The van der Waals surface area contributed by atoms with Gasteiger partial charge < -0.3 is 15.4 Å². The number of carbonyl (C=O) groups excluding carboxylic acids is 1. The molecule has 1 aromatic heterocycles. The molecule has 5 nitrogen and oxygen atoms in total. The lowest BCUT2D eigenvalue weighted by Gasteiger charge is -2.31. The largest absolute Gasteiger partial charge is 0.493 e. The van der Waals surface area contributed by atoms with E-state index in [1.807, 2.05) is 43.3 Å². The van der Waals surface area contributed by atoms with Crippen LogP contribution in [-0.4, -0.2) is 36.5 Å². The summed E-state index contributed by atoms with van der Waals surface area (Å²) in [6.07, 6.45) is 3.19. The van der Waals surface area contributed by atoms with Crippen LogP contribution in [0.5, 0.6) is 5.75 Å². The quantitative estimate of drug-likeness (QED) is 0.458. The number of nitrogens with one attached hydrogen (secondary N) is 2. The van der Waals surface area contributed by atoms with Gasteiger partial charge in [0.05, 0.1) is 12.1 Å². The highest BCUT2D eigenvalue weighted by molar-refractivity contribution is 6.29. The standard InChI is InChI=1S/C26H30ClN3O2/c1-18-8-9-23-24(29-18)6-3-7-25(23)32-15-12-22(19-10-13-28-14-11-19)20-4-2-5-21(16-20)30-26(31)17-27/h2-9,16,19,22,28H,10-15,17H2,1H3,(H,30,31). The van der Waals surface area contributed by atoms with E-state index in [1.54, 1.807) is 0 Å². The van der Waals surface area contributed by atoms with E-state index in [2.05, 4.69) is 33.8 Å². The summed E-state index contributed by atoms with van der Waals surface area (Å²) in [5, 5.41) is 7.38. The Morgan fingerprint density at radius 2 is 2.00 bits per heavy atom. The van der Waals surface area contributed by atoms with Crippen molar-refractivity contribution in [2.24, 2.45) is 5.92 Å². The molecule has 1 fully saturated rings. The van der Waals surface area contributed by atoms with Crippen molar-refractivity contribution < 1.29 is 9.53 Å². The number of aromatic nitrogens is 1. The highest BCUT2D eigenvalue weighted by atomic mass is 35.5. The van der Waals surface area contributed by atoms with Crippen LogP contribution in [0.3, 0.4) is 0 Å². The molecule has 0 radical (unpaired) electrons. The van der Waals surface area contributed by atoms with Crippen LogP contribution in [-0.2, 0) is 4.79 Å². The average Bonchev–Trinajstić information content (AvgIpc) is 2.82. The fraction of sp³-hybridized carbons (Fsp3) is 0.385. The number of piperidine rings is 1. The van der Waals surface area contributed by atoms with Gasteiger partial charge in [0.15, 0.2) is 0 Å². The van der Waals surface area contributed by atoms with Crippen LogP contribution < -0.4 is 15.4 Å². The van der Waals surface area contributed by atoms with E-state index >= 15 is 0 Å². The maximum atomic E-state index is 11.7. The zero-order valence-electron chi connectivity index (χ0n) is 18.4. The van der Waals surface area contributed by atoms with Gasteiger partial charge in [-0.25, -0.2) is 0 Å². The maximum Gasteiger partial charge on any atom is 0.239 e. The lowest BCUT2D eigenvalue weighted by atomic mass is 9.78. The number of rotatable bonds is 8. The summed E-state index contributed by atoms with van der Waals surface area (Å²) in [4.78, 5) is 16.4. The Kier molecular flexibility index (Phi) is 7.61. The van der Waals surface area contributed by atoms with Gasteiger partial charge in [-0.3, -0.25) is 9.78 Å². The molecule has 0 spiro atoms. The van der Waals surface area contributed by atoms with E-state index in [0.717, 1.165) is 60.4 Å². The second-order valence-electron chi connectivity index (χ2n) is 8.41. The zero-order valence-corrected chi connectivity index (χ0v) is 19.2. The number of hydrogen-bond donors (Lipinski definition) is 2. The number of aryl methyl sites for hydroxylation is 1. The second kappa shape index (κ2) is 10.8. The summed E-state index contributed by atoms with van der Waals surface area (Å²) < 4.78 is 6.27.